The number of hydrogen-bond donors (Lipinski definition) is 1. The molecule has 0 spiro atoms. The van der Waals surface area contributed by atoms with Crippen LogP contribution in [0.3, 0.4) is 0 Å². The summed E-state index contributed by atoms with van der Waals surface area (Å²) in [6.45, 7) is 8.75. The smallest absolute Gasteiger partial charge is 0.138 e. The van der Waals surface area contributed by atoms with Crippen LogP contribution >= 0.6 is 0 Å². The SMILES string of the molecule is CCNC1CCCCC(Cc2ncnn2CC(C)C)C1. The molecule has 2 atom stereocenters. The number of nitrogens with zero attached hydrogens (tertiary/aromatic N) is 3. The summed E-state index contributed by atoms with van der Waals surface area (Å²) in [6, 6.07) is 0.703. The van der Waals surface area contributed by atoms with Gasteiger partial charge in [0.15, 0.2) is 0 Å². The Hall–Kier alpha value is -0.900. The highest BCUT2D eigenvalue weighted by atomic mass is 15.3. The molecule has 4 heteroatoms. The molecule has 0 radical (unpaired) electrons. The van der Waals surface area contributed by atoms with Crippen LogP contribution in [0.5, 0.6) is 0 Å². The van der Waals surface area contributed by atoms with E-state index in [0.717, 1.165) is 25.4 Å². The average Bonchev–Trinajstić information content (AvgIpc) is 2.69. The Morgan fingerprint density at radius 3 is 2.90 bits per heavy atom. The minimum absolute atomic E-state index is 0.624. The van der Waals surface area contributed by atoms with Crippen LogP contribution in [0.25, 0.3) is 0 Å². The molecule has 1 fully saturated rings. The van der Waals surface area contributed by atoms with Gasteiger partial charge in [0.1, 0.15) is 12.2 Å². The van der Waals surface area contributed by atoms with E-state index in [0.29, 0.717) is 12.0 Å². The van der Waals surface area contributed by atoms with Crippen LogP contribution < -0.4 is 5.32 Å². The van der Waals surface area contributed by atoms with Gasteiger partial charge in [0.2, 0.25) is 0 Å². The van der Waals surface area contributed by atoms with Crippen LogP contribution in [0.15, 0.2) is 6.33 Å². The molecule has 0 saturated heterocycles. The van der Waals surface area contributed by atoms with Crippen LogP contribution in [0.4, 0.5) is 0 Å². The second kappa shape index (κ2) is 7.77. The molecule has 20 heavy (non-hydrogen) atoms. The molecule has 1 aromatic heterocycles. The molecular weight excluding hydrogens is 248 g/mol. The second-order valence-corrected chi connectivity index (χ2v) is 6.60. The molecule has 1 aromatic rings. The minimum Gasteiger partial charge on any atom is -0.314 e. The van der Waals surface area contributed by atoms with E-state index < -0.39 is 0 Å². The Labute approximate surface area is 123 Å². The highest BCUT2D eigenvalue weighted by molar-refractivity contribution is 4.90. The van der Waals surface area contributed by atoms with Crippen molar-refractivity contribution in [2.45, 2.75) is 71.9 Å². The molecule has 0 bridgehead atoms. The first-order chi connectivity index (χ1) is 9.69. The third kappa shape index (κ3) is 4.58. The maximum atomic E-state index is 4.50. The van der Waals surface area contributed by atoms with E-state index in [2.05, 4.69) is 40.9 Å². The quantitative estimate of drug-likeness (QED) is 0.813. The largest absolute Gasteiger partial charge is 0.314 e. The fraction of sp³-hybridized carbons (Fsp3) is 0.875. The molecule has 114 valence electrons. The summed E-state index contributed by atoms with van der Waals surface area (Å²) in [5.41, 5.74) is 0. The molecule has 0 amide bonds. The molecule has 4 nitrogen and oxygen atoms in total. The van der Waals surface area contributed by atoms with Gasteiger partial charge < -0.3 is 5.32 Å². The summed E-state index contributed by atoms with van der Waals surface area (Å²) in [4.78, 5) is 4.50. The fourth-order valence-corrected chi connectivity index (χ4v) is 3.32. The van der Waals surface area contributed by atoms with Crippen LogP contribution in [-0.2, 0) is 13.0 Å². The normalized spacial score (nSPS) is 24.0. The number of nitrogens with one attached hydrogen (secondary N) is 1. The van der Waals surface area contributed by atoms with Gasteiger partial charge in [-0.3, -0.25) is 0 Å². The zero-order valence-corrected chi connectivity index (χ0v) is 13.3. The lowest BCUT2D eigenvalue weighted by Gasteiger charge is -2.20. The molecule has 1 N–H and O–H groups in total. The second-order valence-electron chi connectivity index (χ2n) is 6.60. The summed E-state index contributed by atoms with van der Waals surface area (Å²) in [7, 11) is 0. The van der Waals surface area contributed by atoms with Crippen LogP contribution in [0, 0.1) is 11.8 Å². The molecule has 1 aliphatic carbocycles. The maximum absolute atomic E-state index is 4.50. The van der Waals surface area contributed by atoms with E-state index in [4.69, 9.17) is 0 Å². The lowest BCUT2D eigenvalue weighted by Crippen LogP contribution is -2.30. The van der Waals surface area contributed by atoms with E-state index in [1.54, 1.807) is 6.33 Å². The molecule has 1 aliphatic rings. The van der Waals surface area contributed by atoms with E-state index in [1.807, 2.05) is 0 Å². The number of aromatic nitrogens is 3. The predicted molar refractivity (Wildman–Crippen MR) is 82.6 cm³/mol. The van der Waals surface area contributed by atoms with Crippen molar-refractivity contribution in [3.63, 3.8) is 0 Å². The van der Waals surface area contributed by atoms with Crippen molar-refractivity contribution in [1.29, 1.82) is 0 Å². The Morgan fingerprint density at radius 1 is 1.35 bits per heavy atom. The van der Waals surface area contributed by atoms with Gasteiger partial charge in [-0.1, -0.05) is 33.6 Å². The third-order valence-electron chi connectivity index (χ3n) is 4.23. The topological polar surface area (TPSA) is 42.7 Å². The van der Waals surface area contributed by atoms with Crippen molar-refractivity contribution in [2.24, 2.45) is 11.8 Å². The van der Waals surface area contributed by atoms with E-state index in [1.165, 1.54) is 37.9 Å². The Bertz CT molecular complexity index is 386. The van der Waals surface area contributed by atoms with Crippen molar-refractivity contribution in [3.05, 3.63) is 12.2 Å². The van der Waals surface area contributed by atoms with Crippen molar-refractivity contribution < 1.29 is 0 Å². The molecule has 2 unspecified atom stereocenters. The Kier molecular flexibility index (Phi) is 6.02. The summed E-state index contributed by atoms with van der Waals surface area (Å²) in [6.07, 6.45) is 9.52. The zero-order valence-electron chi connectivity index (χ0n) is 13.3. The first kappa shape index (κ1) is 15.5. The lowest BCUT2D eigenvalue weighted by molar-refractivity contribution is 0.371. The zero-order chi connectivity index (χ0) is 14.4. The monoisotopic (exact) mass is 278 g/mol. The number of rotatable bonds is 6. The molecule has 2 rings (SSSR count). The van der Waals surface area contributed by atoms with Gasteiger partial charge in [0, 0.05) is 19.0 Å². The molecule has 1 saturated carbocycles. The Morgan fingerprint density at radius 2 is 2.15 bits per heavy atom. The van der Waals surface area contributed by atoms with Gasteiger partial charge in [-0.2, -0.15) is 5.10 Å². The highest BCUT2D eigenvalue weighted by Gasteiger charge is 2.21. The van der Waals surface area contributed by atoms with Gasteiger partial charge >= 0.3 is 0 Å². The van der Waals surface area contributed by atoms with Crippen LogP contribution in [-0.4, -0.2) is 27.4 Å². The minimum atomic E-state index is 0.624. The first-order valence-electron chi connectivity index (χ1n) is 8.29. The summed E-state index contributed by atoms with van der Waals surface area (Å²) in [5.74, 6) is 2.57. The van der Waals surface area contributed by atoms with E-state index in [-0.39, 0.29) is 0 Å². The van der Waals surface area contributed by atoms with Crippen molar-refractivity contribution in [2.75, 3.05) is 6.54 Å². The summed E-state index contributed by atoms with van der Waals surface area (Å²) >= 11 is 0. The van der Waals surface area contributed by atoms with E-state index >= 15 is 0 Å². The van der Waals surface area contributed by atoms with Gasteiger partial charge in [0.25, 0.3) is 0 Å². The van der Waals surface area contributed by atoms with Crippen LogP contribution in [0.1, 0.15) is 58.7 Å². The third-order valence-corrected chi connectivity index (χ3v) is 4.23. The van der Waals surface area contributed by atoms with Crippen molar-refractivity contribution in [3.8, 4) is 0 Å². The predicted octanol–water partition coefficient (Wildman–Crippen LogP) is 3.04. The molecular formula is C16H30N4. The molecule has 0 aromatic carbocycles. The standard InChI is InChI=1S/C16H30N4/c1-4-17-15-8-6-5-7-14(9-15)10-16-18-12-19-20(16)11-13(2)3/h12-15,17H,4-11H2,1-3H3. The highest BCUT2D eigenvalue weighted by Crippen LogP contribution is 2.26. The maximum Gasteiger partial charge on any atom is 0.138 e. The summed E-state index contributed by atoms with van der Waals surface area (Å²) in [5, 5.41) is 8.03. The van der Waals surface area contributed by atoms with Crippen molar-refractivity contribution in [1.82, 2.24) is 20.1 Å². The number of hydrogen-bond acceptors (Lipinski definition) is 3. The lowest BCUT2D eigenvalue weighted by atomic mass is 9.94. The van der Waals surface area contributed by atoms with E-state index in [9.17, 15) is 0 Å². The molecule has 0 aliphatic heterocycles. The fourth-order valence-electron chi connectivity index (χ4n) is 3.32. The van der Waals surface area contributed by atoms with Gasteiger partial charge in [-0.25, -0.2) is 9.67 Å². The molecule has 1 heterocycles. The van der Waals surface area contributed by atoms with Crippen LogP contribution in [0.2, 0.25) is 0 Å². The Balaban J connectivity index is 1.95. The van der Waals surface area contributed by atoms with Gasteiger partial charge in [0.05, 0.1) is 0 Å². The first-order valence-corrected chi connectivity index (χ1v) is 8.29. The van der Waals surface area contributed by atoms with Crippen molar-refractivity contribution >= 4 is 0 Å². The summed E-state index contributed by atoms with van der Waals surface area (Å²) < 4.78 is 2.11. The van der Waals surface area contributed by atoms with Gasteiger partial charge in [-0.15, -0.1) is 0 Å². The average molecular weight is 278 g/mol. The van der Waals surface area contributed by atoms with Gasteiger partial charge in [-0.05, 0) is 37.6 Å².